The van der Waals surface area contributed by atoms with Gasteiger partial charge in [-0.05, 0) is 43.0 Å². The fourth-order valence-corrected chi connectivity index (χ4v) is 4.19. The number of anilines is 2. The summed E-state index contributed by atoms with van der Waals surface area (Å²) in [6.45, 7) is 12.1. The van der Waals surface area contributed by atoms with Crippen LogP contribution in [-0.2, 0) is 4.79 Å². The topological polar surface area (TPSA) is 36.8 Å². The average molecular weight is 401 g/mol. The van der Waals surface area contributed by atoms with Gasteiger partial charge in [-0.15, -0.1) is 0 Å². The van der Waals surface area contributed by atoms with Crippen LogP contribution in [0, 0.1) is 6.92 Å². The minimum absolute atomic E-state index is 0.0898. The molecule has 0 unspecified atom stereocenters. The number of nitrogens with one attached hydrogen (secondary N) is 2. The van der Waals surface area contributed by atoms with E-state index < -0.39 is 0 Å². The fourth-order valence-electron chi connectivity index (χ4n) is 3.94. The molecule has 0 saturated carbocycles. The van der Waals surface area contributed by atoms with Gasteiger partial charge in [0, 0.05) is 5.69 Å². The summed E-state index contributed by atoms with van der Waals surface area (Å²) in [4.78, 5) is 16.6. The Morgan fingerprint density at radius 1 is 1.07 bits per heavy atom. The molecule has 0 radical (unpaired) electrons. The number of piperazine rings is 1. The first-order valence-electron chi connectivity index (χ1n) is 10.1. The highest BCUT2D eigenvalue weighted by atomic mass is 35.5. The highest BCUT2D eigenvalue weighted by Gasteiger charge is 2.30. The number of rotatable bonds is 5. The zero-order valence-electron chi connectivity index (χ0n) is 17.3. The van der Waals surface area contributed by atoms with E-state index >= 15 is 0 Å². The highest BCUT2D eigenvalue weighted by Crippen LogP contribution is 2.27. The number of nitrogens with zero attached hydrogens (tertiary/aromatic N) is 1. The second-order valence-corrected chi connectivity index (χ2v) is 8.41. The van der Waals surface area contributed by atoms with Crippen molar-refractivity contribution in [2.24, 2.45) is 0 Å². The summed E-state index contributed by atoms with van der Waals surface area (Å²) < 4.78 is 0. The summed E-state index contributed by atoms with van der Waals surface area (Å²) in [7, 11) is 0. The molecule has 1 amide bonds. The Morgan fingerprint density at radius 2 is 1.75 bits per heavy atom. The molecule has 150 valence electrons. The van der Waals surface area contributed by atoms with Gasteiger partial charge in [0.1, 0.15) is 0 Å². The van der Waals surface area contributed by atoms with Crippen molar-refractivity contribution < 1.29 is 9.69 Å². The quantitative estimate of drug-likeness (QED) is 0.805. The molecule has 1 saturated heterocycles. The monoisotopic (exact) mass is 400 g/mol. The summed E-state index contributed by atoms with van der Waals surface area (Å²) >= 11 is 6.34. The van der Waals surface area contributed by atoms with Crippen molar-refractivity contribution in [3.05, 3.63) is 58.6 Å². The van der Waals surface area contributed by atoms with Crippen molar-refractivity contribution in [2.45, 2.75) is 39.7 Å². The Kier molecular flexibility index (Phi) is 6.63. The molecule has 0 bridgehead atoms. The smallest absolute Gasteiger partial charge is 0.282 e. The molecule has 3 rings (SSSR count). The van der Waals surface area contributed by atoms with Crippen molar-refractivity contribution in [1.82, 2.24) is 0 Å². The molecule has 2 aromatic carbocycles. The molecule has 1 aliphatic heterocycles. The van der Waals surface area contributed by atoms with Crippen LogP contribution in [0.25, 0.3) is 0 Å². The lowest BCUT2D eigenvalue weighted by atomic mass is 9.98. The number of para-hydroxylation sites is 2. The molecule has 1 aliphatic rings. The van der Waals surface area contributed by atoms with E-state index in [1.807, 2.05) is 25.1 Å². The molecule has 0 spiro atoms. The lowest BCUT2D eigenvalue weighted by molar-refractivity contribution is -0.914. The van der Waals surface area contributed by atoms with Crippen LogP contribution in [-0.4, -0.2) is 38.1 Å². The van der Waals surface area contributed by atoms with Crippen LogP contribution in [0.3, 0.4) is 0 Å². The maximum Gasteiger partial charge on any atom is 0.282 e. The van der Waals surface area contributed by atoms with E-state index in [4.69, 9.17) is 11.6 Å². The van der Waals surface area contributed by atoms with Gasteiger partial charge in [-0.25, -0.2) is 0 Å². The third kappa shape index (κ3) is 4.50. The Bertz CT molecular complexity index is 828. The largest absolute Gasteiger partial charge is 0.359 e. The van der Waals surface area contributed by atoms with Gasteiger partial charge in [0.05, 0.1) is 36.9 Å². The van der Waals surface area contributed by atoms with Crippen LogP contribution >= 0.6 is 11.6 Å². The number of carbonyl (C=O) groups is 1. The molecule has 1 heterocycles. The lowest BCUT2D eigenvalue weighted by Gasteiger charge is -2.36. The normalized spacial score (nSPS) is 16.3. The zero-order chi connectivity index (χ0) is 20.3. The van der Waals surface area contributed by atoms with Crippen molar-refractivity contribution in [3.8, 4) is 0 Å². The van der Waals surface area contributed by atoms with Crippen LogP contribution < -0.4 is 15.1 Å². The molecule has 5 heteroatoms. The summed E-state index contributed by atoms with van der Waals surface area (Å²) in [5.41, 5.74) is 4.37. The maximum atomic E-state index is 13.0. The molecule has 1 atom stereocenters. The van der Waals surface area contributed by atoms with Crippen molar-refractivity contribution in [2.75, 3.05) is 36.4 Å². The van der Waals surface area contributed by atoms with Crippen molar-refractivity contribution in [1.29, 1.82) is 0 Å². The van der Waals surface area contributed by atoms with E-state index in [0.717, 1.165) is 48.1 Å². The molecule has 2 aromatic rings. The molecular weight excluding hydrogens is 370 g/mol. The van der Waals surface area contributed by atoms with Gasteiger partial charge in [-0.3, -0.25) is 4.79 Å². The number of carbonyl (C=O) groups excluding carboxylic acids is 1. The Morgan fingerprint density at radius 3 is 2.39 bits per heavy atom. The molecular formula is C23H31ClN3O+. The van der Waals surface area contributed by atoms with E-state index in [1.54, 1.807) is 0 Å². The van der Waals surface area contributed by atoms with Gasteiger partial charge in [-0.2, -0.15) is 0 Å². The first-order chi connectivity index (χ1) is 13.4. The van der Waals surface area contributed by atoms with E-state index in [2.05, 4.69) is 55.3 Å². The summed E-state index contributed by atoms with van der Waals surface area (Å²) in [6, 6.07) is 14.1. The Hall–Kier alpha value is -2.04. The zero-order valence-corrected chi connectivity index (χ0v) is 18.0. The molecule has 4 nitrogen and oxygen atoms in total. The molecule has 0 aliphatic carbocycles. The van der Waals surface area contributed by atoms with Gasteiger partial charge < -0.3 is 15.1 Å². The number of amides is 1. The third-order valence-corrected chi connectivity index (χ3v) is 6.10. The summed E-state index contributed by atoms with van der Waals surface area (Å²) in [6.07, 6.45) is 0. The Balaban J connectivity index is 1.64. The van der Waals surface area contributed by atoms with Crippen molar-refractivity contribution >= 4 is 28.9 Å². The van der Waals surface area contributed by atoms with Crippen LogP contribution in [0.4, 0.5) is 11.4 Å². The SMILES string of the molecule is Cc1cccc(C(C)C)c1NC(=O)[C@H](C)[NH+]1CCN(c2ccccc2Cl)CC1. The standard InChI is InChI=1S/C23H30ClN3O/c1-16(2)19-9-7-8-17(3)22(19)25-23(28)18(4)26-12-14-27(15-13-26)21-11-6-5-10-20(21)24/h5-11,16,18H,12-15H2,1-4H3,(H,25,28)/p+1/t18-/m0/s1. The van der Waals surface area contributed by atoms with Gasteiger partial charge >= 0.3 is 0 Å². The second-order valence-electron chi connectivity index (χ2n) is 8.00. The van der Waals surface area contributed by atoms with Gasteiger partial charge in [-0.1, -0.05) is 55.8 Å². The highest BCUT2D eigenvalue weighted by molar-refractivity contribution is 6.33. The van der Waals surface area contributed by atoms with E-state index in [-0.39, 0.29) is 11.9 Å². The van der Waals surface area contributed by atoms with E-state index in [9.17, 15) is 4.79 Å². The first kappa shape index (κ1) is 20.7. The molecule has 28 heavy (non-hydrogen) atoms. The maximum absolute atomic E-state index is 13.0. The first-order valence-corrected chi connectivity index (χ1v) is 10.5. The molecule has 1 fully saturated rings. The summed E-state index contributed by atoms with van der Waals surface area (Å²) in [5.74, 6) is 0.467. The van der Waals surface area contributed by atoms with E-state index in [0.29, 0.717) is 5.92 Å². The molecule has 2 N–H and O–H groups in total. The lowest BCUT2D eigenvalue weighted by Crippen LogP contribution is -3.19. The van der Waals surface area contributed by atoms with Crippen LogP contribution in [0.5, 0.6) is 0 Å². The van der Waals surface area contributed by atoms with Crippen molar-refractivity contribution in [3.63, 3.8) is 0 Å². The number of hydrogen-bond acceptors (Lipinski definition) is 2. The van der Waals surface area contributed by atoms with Crippen LogP contribution in [0.2, 0.25) is 5.02 Å². The minimum Gasteiger partial charge on any atom is -0.359 e. The number of aryl methyl sites for hydroxylation is 1. The predicted molar refractivity (Wildman–Crippen MR) is 118 cm³/mol. The average Bonchev–Trinajstić information content (AvgIpc) is 2.69. The minimum atomic E-state index is -0.0898. The summed E-state index contributed by atoms with van der Waals surface area (Å²) in [5, 5.41) is 4.00. The van der Waals surface area contributed by atoms with Gasteiger partial charge in [0.2, 0.25) is 0 Å². The predicted octanol–water partition coefficient (Wildman–Crippen LogP) is 3.50. The number of quaternary nitrogens is 1. The Labute approximate surface area is 173 Å². The second kappa shape index (κ2) is 8.97. The fraction of sp³-hybridized carbons (Fsp3) is 0.435. The third-order valence-electron chi connectivity index (χ3n) is 5.78. The van der Waals surface area contributed by atoms with Gasteiger partial charge in [0.15, 0.2) is 6.04 Å². The van der Waals surface area contributed by atoms with Crippen LogP contribution in [0.15, 0.2) is 42.5 Å². The van der Waals surface area contributed by atoms with Gasteiger partial charge in [0.25, 0.3) is 5.91 Å². The van der Waals surface area contributed by atoms with Crippen LogP contribution in [0.1, 0.15) is 37.8 Å². The number of halogens is 1. The molecule has 0 aromatic heterocycles. The van der Waals surface area contributed by atoms with E-state index in [1.165, 1.54) is 10.5 Å². The number of hydrogen-bond donors (Lipinski definition) is 2. The number of benzene rings is 2.